The number of H-pyrrole nitrogens is 2. The van der Waals surface area contributed by atoms with E-state index in [4.69, 9.17) is 11.0 Å². The second-order valence-corrected chi connectivity index (χ2v) is 7.75. The van der Waals surface area contributed by atoms with Gasteiger partial charge in [-0.2, -0.15) is 10.4 Å². The third-order valence-corrected chi connectivity index (χ3v) is 5.34. The van der Waals surface area contributed by atoms with Crippen molar-refractivity contribution in [2.45, 2.75) is 19.5 Å². The van der Waals surface area contributed by atoms with Crippen molar-refractivity contribution in [1.29, 1.82) is 5.26 Å². The predicted octanol–water partition coefficient (Wildman–Crippen LogP) is 1.92. The molecular weight excluding hydrogens is 434 g/mol. The number of rotatable bonds is 6. The number of anilines is 1. The van der Waals surface area contributed by atoms with E-state index in [1.807, 2.05) is 47.6 Å². The summed E-state index contributed by atoms with van der Waals surface area (Å²) in [6, 6.07) is 16.6. The Morgan fingerprint density at radius 1 is 1.18 bits per heavy atom. The summed E-state index contributed by atoms with van der Waals surface area (Å²) in [6.45, 7) is 2.35. The fourth-order valence-corrected chi connectivity index (χ4v) is 3.49. The Kier molecular flexibility index (Phi) is 6.09. The van der Waals surface area contributed by atoms with Crippen LogP contribution in [0.3, 0.4) is 0 Å². The van der Waals surface area contributed by atoms with Gasteiger partial charge in [0.1, 0.15) is 11.4 Å². The number of hydrogen-bond acceptors (Lipinski definition) is 6. The molecule has 34 heavy (non-hydrogen) atoms. The van der Waals surface area contributed by atoms with Crippen LogP contribution in [-0.2, 0) is 6.54 Å². The molecule has 2 aromatic heterocycles. The highest BCUT2D eigenvalue weighted by Crippen LogP contribution is 2.23. The van der Waals surface area contributed by atoms with Gasteiger partial charge in [0.15, 0.2) is 0 Å². The standard InChI is InChI=1S/C24H21N7O3/c1-14(28-23(33)21-20(26)22(32)30-24(34)29-21)17-3-2-4-18(9-17)19-11-27-31(13-19)12-16-7-5-15(10-25)6-8-16/h2-9,11,13-14H,12,26H2,1H3,(H,28,33)(H2,29,30,32,34). The van der Waals surface area contributed by atoms with Gasteiger partial charge in [-0.1, -0.05) is 30.3 Å². The number of carbonyl (C=O) groups excluding carboxylic acids is 1. The summed E-state index contributed by atoms with van der Waals surface area (Å²) in [6.07, 6.45) is 3.68. The molecule has 4 aromatic rings. The first-order valence-corrected chi connectivity index (χ1v) is 10.4. The van der Waals surface area contributed by atoms with Crippen LogP contribution < -0.4 is 22.3 Å². The summed E-state index contributed by atoms with van der Waals surface area (Å²) < 4.78 is 1.81. The summed E-state index contributed by atoms with van der Waals surface area (Å²) in [4.78, 5) is 40.0. The molecule has 0 aliphatic rings. The smallest absolute Gasteiger partial charge is 0.326 e. The van der Waals surface area contributed by atoms with Crippen molar-refractivity contribution in [1.82, 2.24) is 25.1 Å². The van der Waals surface area contributed by atoms with E-state index in [1.54, 1.807) is 29.9 Å². The molecule has 10 heteroatoms. The molecule has 10 nitrogen and oxygen atoms in total. The monoisotopic (exact) mass is 455 g/mol. The molecule has 0 fully saturated rings. The van der Waals surface area contributed by atoms with Crippen molar-refractivity contribution in [3.05, 3.63) is 104 Å². The Labute approximate surface area is 193 Å². The maximum Gasteiger partial charge on any atom is 0.326 e. The average Bonchev–Trinajstić information content (AvgIpc) is 3.30. The maximum absolute atomic E-state index is 12.6. The molecule has 5 N–H and O–H groups in total. The molecule has 0 spiro atoms. The molecule has 170 valence electrons. The van der Waals surface area contributed by atoms with Gasteiger partial charge in [0.2, 0.25) is 0 Å². The number of nitrogen functional groups attached to an aromatic ring is 1. The highest BCUT2D eigenvalue weighted by Gasteiger charge is 2.17. The van der Waals surface area contributed by atoms with Gasteiger partial charge < -0.3 is 16.0 Å². The van der Waals surface area contributed by atoms with Gasteiger partial charge in [-0.25, -0.2) is 4.79 Å². The largest absolute Gasteiger partial charge is 0.392 e. The molecule has 0 bridgehead atoms. The van der Waals surface area contributed by atoms with Gasteiger partial charge in [-0.05, 0) is 41.8 Å². The van der Waals surface area contributed by atoms with Gasteiger partial charge in [-0.15, -0.1) is 0 Å². The Balaban J connectivity index is 1.50. The van der Waals surface area contributed by atoms with Crippen molar-refractivity contribution in [3.63, 3.8) is 0 Å². The van der Waals surface area contributed by atoms with Crippen LogP contribution >= 0.6 is 0 Å². The van der Waals surface area contributed by atoms with Crippen molar-refractivity contribution in [2.75, 3.05) is 5.73 Å². The SMILES string of the molecule is CC(NC(=O)c1[nH]c(=O)[nH]c(=O)c1N)c1cccc(-c2cnn(Cc3ccc(C#N)cc3)c2)c1. The Hall–Kier alpha value is -4.91. The molecule has 0 aliphatic heterocycles. The number of aromatic nitrogens is 4. The van der Waals surface area contributed by atoms with E-state index in [1.165, 1.54) is 0 Å². The summed E-state index contributed by atoms with van der Waals surface area (Å²) in [5.41, 5.74) is 7.64. The zero-order chi connectivity index (χ0) is 24.2. The molecule has 0 saturated carbocycles. The van der Waals surface area contributed by atoms with Crippen LogP contribution in [0, 0.1) is 11.3 Å². The molecule has 2 aromatic carbocycles. The van der Waals surface area contributed by atoms with E-state index in [2.05, 4.69) is 21.5 Å². The van der Waals surface area contributed by atoms with Gasteiger partial charge in [0, 0.05) is 11.8 Å². The number of nitrogens with two attached hydrogens (primary N) is 1. The van der Waals surface area contributed by atoms with E-state index in [0.29, 0.717) is 12.1 Å². The van der Waals surface area contributed by atoms with Crippen LogP contribution in [0.25, 0.3) is 11.1 Å². The number of aromatic amines is 2. The van der Waals surface area contributed by atoms with Gasteiger partial charge in [0.25, 0.3) is 11.5 Å². The lowest BCUT2D eigenvalue weighted by molar-refractivity contribution is 0.0935. The van der Waals surface area contributed by atoms with Crippen molar-refractivity contribution >= 4 is 11.6 Å². The number of amides is 1. The number of carbonyl (C=O) groups is 1. The Morgan fingerprint density at radius 3 is 2.68 bits per heavy atom. The minimum atomic E-state index is -0.818. The minimum absolute atomic E-state index is 0.277. The molecule has 1 atom stereocenters. The fourth-order valence-electron chi connectivity index (χ4n) is 3.49. The van der Waals surface area contributed by atoms with E-state index < -0.39 is 23.2 Å². The molecule has 0 radical (unpaired) electrons. The topological polar surface area (TPSA) is 162 Å². The highest BCUT2D eigenvalue weighted by atomic mass is 16.2. The third kappa shape index (κ3) is 4.78. The van der Waals surface area contributed by atoms with Gasteiger partial charge in [0.05, 0.1) is 30.4 Å². The number of nitrogens with one attached hydrogen (secondary N) is 3. The molecule has 1 unspecified atom stereocenters. The summed E-state index contributed by atoms with van der Waals surface area (Å²) in [7, 11) is 0. The average molecular weight is 455 g/mol. The highest BCUT2D eigenvalue weighted by molar-refractivity contribution is 5.97. The van der Waals surface area contributed by atoms with Gasteiger partial charge >= 0.3 is 5.69 Å². The second-order valence-electron chi connectivity index (χ2n) is 7.75. The lowest BCUT2D eigenvalue weighted by Gasteiger charge is -2.15. The molecule has 0 aliphatic carbocycles. The van der Waals surface area contributed by atoms with E-state index in [0.717, 1.165) is 22.3 Å². The Bertz CT molecular complexity index is 1510. The first-order chi connectivity index (χ1) is 16.3. The number of hydrogen-bond donors (Lipinski definition) is 4. The van der Waals surface area contributed by atoms with Crippen molar-refractivity contribution in [2.24, 2.45) is 0 Å². The van der Waals surface area contributed by atoms with Crippen LogP contribution in [0.4, 0.5) is 5.69 Å². The minimum Gasteiger partial charge on any atom is -0.392 e. The summed E-state index contributed by atoms with van der Waals surface area (Å²) >= 11 is 0. The molecule has 4 rings (SSSR count). The first-order valence-electron chi connectivity index (χ1n) is 10.4. The van der Waals surface area contributed by atoms with Crippen LogP contribution in [0.2, 0.25) is 0 Å². The predicted molar refractivity (Wildman–Crippen MR) is 126 cm³/mol. The van der Waals surface area contributed by atoms with Crippen molar-refractivity contribution in [3.8, 4) is 17.2 Å². The zero-order valence-corrected chi connectivity index (χ0v) is 18.2. The maximum atomic E-state index is 12.6. The van der Waals surface area contributed by atoms with Crippen LogP contribution in [-0.4, -0.2) is 25.7 Å². The fraction of sp³-hybridized carbons (Fsp3) is 0.125. The third-order valence-electron chi connectivity index (χ3n) is 5.34. The number of nitrogens with zero attached hydrogens (tertiary/aromatic N) is 3. The Morgan fingerprint density at radius 2 is 1.94 bits per heavy atom. The second kappa shape index (κ2) is 9.30. The van der Waals surface area contributed by atoms with Gasteiger partial charge in [-0.3, -0.25) is 19.3 Å². The van der Waals surface area contributed by atoms with Crippen LogP contribution in [0.15, 0.2) is 70.5 Å². The lowest BCUT2D eigenvalue weighted by atomic mass is 10.0. The summed E-state index contributed by atoms with van der Waals surface area (Å²) in [5.74, 6) is -0.658. The molecule has 1 amide bonds. The molecule has 2 heterocycles. The van der Waals surface area contributed by atoms with E-state index in [-0.39, 0.29) is 11.4 Å². The lowest BCUT2D eigenvalue weighted by Crippen LogP contribution is -2.34. The number of nitriles is 1. The normalized spacial score (nSPS) is 11.5. The number of benzene rings is 2. The van der Waals surface area contributed by atoms with Crippen molar-refractivity contribution < 1.29 is 4.79 Å². The molecule has 0 saturated heterocycles. The molecular formula is C24H21N7O3. The van der Waals surface area contributed by atoms with E-state index in [9.17, 15) is 14.4 Å². The quantitative estimate of drug-likeness (QED) is 0.347. The first kappa shape index (κ1) is 22.3. The summed E-state index contributed by atoms with van der Waals surface area (Å²) in [5, 5.41) is 16.1. The van der Waals surface area contributed by atoms with Crippen LogP contribution in [0.1, 0.15) is 40.1 Å². The van der Waals surface area contributed by atoms with E-state index >= 15 is 0 Å². The zero-order valence-electron chi connectivity index (χ0n) is 18.2. The van der Waals surface area contributed by atoms with Crippen LogP contribution in [0.5, 0.6) is 0 Å².